The third-order valence-corrected chi connectivity index (χ3v) is 11.5. The number of benzene rings is 6. The number of hydrogen-bond acceptors (Lipinski definition) is 1. The van der Waals surface area contributed by atoms with Crippen molar-refractivity contribution in [3.05, 3.63) is 161 Å². The van der Waals surface area contributed by atoms with Crippen LogP contribution in [0.5, 0.6) is 0 Å². The minimum absolute atomic E-state index is 0.0343. The van der Waals surface area contributed by atoms with Crippen LogP contribution in [0.2, 0.25) is 0 Å². The van der Waals surface area contributed by atoms with Crippen molar-refractivity contribution in [3.8, 4) is 33.4 Å². The second-order valence-electron chi connectivity index (χ2n) is 16.9. The van der Waals surface area contributed by atoms with Crippen LogP contribution >= 0.6 is 0 Å². The van der Waals surface area contributed by atoms with Gasteiger partial charge in [-0.05, 0) is 103 Å². The Kier molecular flexibility index (Phi) is 7.32. The summed E-state index contributed by atoms with van der Waals surface area (Å²) in [6, 6.07) is 48.0. The highest BCUT2D eigenvalue weighted by Crippen LogP contribution is 2.56. The third-order valence-electron chi connectivity index (χ3n) is 11.5. The van der Waals surface area contributed by atoms with Gasteiger partial charge in [-0.2, -0.15) is 0 Å². The van der Waals surface area contributed by atoms with E-state index < -0.39 is 0 Å². The Morgan fingerprint density at radius 1 is 0.500 bits per heavy atom. The smallest absolute Gasteiger partial charge is 0.0540 e. The molecular formula is C49H49N. The van der Waals surface area contributed by atoms with Gasteiger partial charge in [0.15, 0.2) is 0 Å². The molecule has 1 nitrogen and oxygen atoms in total. The molecule has 6 aromatic carbocycles. The molecule has 0 radical (unpaired) electrons. The first kappa shape index (κ1) is 32.3. The predicted molar refractivity (Wildman–Crippen MR) is 214 cm³/mol. The molecule has 0 saturated heterocycles. The predicted octanol–water partition coefficient (Wildman–Crippen LogP) is 13.9. The number of para-hydroxylation sites is 1. The first-order valence-corrected chi connectivity index (χ1v) is 18.3. The van der Waals surface area contributed by atoms with Crippen molar-refractivity contribution >= 4 is 17.1 Å². The zero-order chi connectivity index (χ0) is 35.2. The van der Waals surface area contributed by atoms with Gasteiger partial charge in [0.2, 0.25) is 0 Å². The van der Waals surface area contributed by atoms with Crippen LogP contribution in [0.1, 0.15) is 102 Å². The van der Waals surface area contributed by atoms with Gasteiger partial charge >= 0.3 is 0 Å². The molecule has 0 unspecified atom stereocenters. The lowest BCUT2D eigenvalue weighted by atomic mass is 9.72. The van der Waals surface area contributed by atoms with Crippen LogP contribution < -0.4 is 4.90 Å². The van der Waals surface area contributed by atoms with Crippen LogP contribution in [0.3, 0.4) is 0 Å². The van der Waals surface area contributed by atoms with E-state index in [2.05, 4.69) is 195 Å². The van der Waals surface area contributed by atoms with Crippen LogP contribution in [0.4, 0.5) is 17.1 Å². The Labute approximate surface area is 299 Å². The van der Waals surface area contributed by atoms with E-state index in [4.69, 9.17) is 0 Å². The summed E-state index contributed by atoms with van der Waals surface area (Å²) in [5.41, 5.74) is 19.8. The maximum atomic E-state index is 2.51. The Hall–Kier alpha value is -4.88. The highest BCUT2D eigenvalue weighted by atomic mass is 15.1. The van der Waals surface area contributed by atoms with E-state index in [1.807, 2.05) is 0 Å². The van der Waals surface area contributed by atoms with E-state index in [1.54, 1.807) is 0 Å². The first-order valence-electron chi connectivity index (χ1n) is 18.3. The maximum absolute atomic E-state index is 2.51. The molecular weight excluding hydrogens is 603 g/mol. The Balaban J connectivity index is 1.36. The van der Waals surface area contributed by atoms with Crippen molar-refractivity contribution in [2.75, 3.05) is 4.90 Å². The minimum atomic E-state index is -0.148. The van der Waals surface area contributed by atoms with Gasteiger partial charge in [-0.25, -0.2) is 0 Å². The van der Waals surface area contributed by atoms with Gasteiger partial charge in [0, 0.05) is 27.8 Å². The Bertz CT molecular complexity index is 2280. The van der Waals surface area contributed by atoms with Crippen LogP contribution in [0.25, 0.3) is 33.4 Å². The number of fused-ring (bicyclic) bond motifs is 6. The van der Waals surface area contributed by atoms with Crippen LogP contribution in [-0.4, -0.2) is 0 Å². The molecule has 50 heavy (non-hydrogen) atoms. The minimum Gasteiger partial charge on any atom is -0.310 e. The van der Waals surface area contributed by atoms with E-state index in [1.165, 1.54) is 83.8 Å². The second kappa shape index (κ2) is 11.3. The number of nitrogens with zero attached hydrogens (tertiary/aromatic N) is 1. The van der Waals surface area contributed by atoms with Crippen molar-refractivity contribution in [2.24, 2.45) is 0 Å². The Morgan fingerprint density at radius 3 is 1.68 bits per heavy atom. The number of anilines is 3. The lowest BCUT2D eigenvalue weighted by Crippen LogP contribution is -2.24. The standard InChI is InChI=1S/C49H49N/c1-31(2)33-27-40-39-26-24-35(30-43(39)49(8,9)46(40)44(28-33)47(3,4)5)50(45-22-16-14-19-36(45)32-17-11-10-12-18-32)34-23-25-38-37-20-13-15-21-41(37)48(6,7)42(38)29-34/h10-31H,1-9H3. The molecule has 0 aromatic heterocycles. The summed E-state index contributed by atoms with van der Waals surface area (Å²) in [4.78, 5) is 2.51. The van der Waals surface area contributed by atoms with Crippen molar-refractivity contribution in [1.29, 1.82) is 0 Å². The molecule has 8 rings (SSSR count). The summed E-state index contributed by atoms with van der Waals surface area (Å²) in [6.45, 7) is 21.3. The average molecular weight is 652 g/mol. The molecule has 0 N–H and O–H groups in total. The maximum Gasteiger partial charge on any atom is 0.0540 e. The third kappa shape index (κ3) is 4.89. The van der Waals surface area contributed by atoms with Gasteiger partial charge in [-0.1, -0.05) is 159 Å². The van der Waals surface area contributed by atoms with Crippen molar-refractivity contribution in [3.63, 3.8) is 0 Å². The monoisotopic (exact) mass is 651 g/mol. The van der Waals surface area contributed by atoms with Gasteiger partial charge < -0.3 is 4.90 Å². The molecule has 0 spiro atoms. The van der Waals surface area contributed by atoms with Gasteiger partial charge in [0.25, 0.3) is 0 Å². The van der Waals surface area contributed by atoms with E-state index in [-0.39, 0.29) is 16.2 Å². The highest BCUT2D eigenvalue weighted by molar-refractivity contribution is 5.92. The zero-order valence-corrected chi connectivity index (χ0v) is 31.1. The fourth-order valence-corrected chi connectivity index (χ4v) is 8.82. The molecule has 0 fully saturated rings. The van der Waals surface area contributed by atoms with Gasteiger partial charge in [0.1, 0.15) is 0 Å². The number of rotatable bonds is 5. The Morgan fingerprint density at radius 2 is 1.04 bits per heavy atom. The molecule has 0 aliphatic heterocycles. The molecule has 250 valence electrons. The number of hydrogen-bond donors (Lipinski definition) is 0. The zero-order valence-electron chi connectivity index (χ0n) is 31.1. The first-order chi connectivity index (χ1) is 23.8. The van der Waals surface area contributed by atoms with Crippen molar-refractivity contribution in [2.45, 2.75) is 84.5 Å². The summed E-state index contributed by atoms with van der Waals surface area (Å²) in [5, 5.41) is 0. The van der Waals surface area contributed by atoms with Crippen LogP contribution in [0, 0.1) is 0 Å². The molecule has 0 atom stereocenters. The molecule has 0 amide bonds. The van der Waals surface area contributed by atoms with E-state index in [0.29, 0.717) is 5.92 Å². The summed E-state index contributed by atoms with van der Waals surface area (Å²) in [5.74, 6) is 0.466. The van der Waals surface area contributed by atoms with Gasteiger partial charge in [-0.15, -0.1) is 0 Å². The lowest BCUT2D eigenvalue weighted by molar-refractivity contribution is 0.555. The summed E-state index contributed by atoms with van der Waals surface area (Å²) < 4.78 is 0. The average Bonchev–Trinajstić information content (AvgIpc) is 3.47. The van der Waals surface area contributed by atoms with Crippen LogP contribution in [0.15, 0.2) is 127 Å². The van der Waals surface area contributed by atoms with Crippen molar-refractivity contribution < 1.29 is 0 Å². The molecule has 2 aliphatic carbocycles. The largest absolute Gasteiger partial charge is 0.310 e. The van der Waals surface area contributed by atoms with E-state index in [9.17, 15) is 0 Å². The van der Waals surface area contributed by atoms with E-state index in [0.717, 1.165) is 0 Å². The summed E-state index contributed by atoms with van der Waals surface area (Å²) in [6.07, 6.45) is 0. The second-order valence-corrected chi connectivity index (χ2v) is 16.9. The molecule has 2 aliphatic rings. The fraction of sp³-hybridized carbons (Fsp3) is 0.265. The molecule has 6 aromatic rings. The normalized spacial score (nSPS) is 15.0. The quantitative estimate of drug-likeness (QED) is 0.179. The summed E-state index contributed by atoms with van der Waals surface area (Å²) in [7, 11) is 0. The SMILES string of the molecule is CC(C)c1cc2c(c(C(C)(C)C)c1)C(C)(C)c1cc(N(c3ccc4c(c3)C(C)(C)c3ccccc3-4)c3ccccc3-c3ccccc3)ccc1-2. The molecule has 1 heteroatoms. The highest BCUT2D eigenvalue weighted by Gasteiger charge is 2.41. The van der Waals surface area contributed by atoms with Crippen molar-refractivity contribution in [1.82, 2.24) is 0 Å². The lowest BCUT2D eigenvalue weighted by Gasteiger charge is -2.32. The topological polar surface area (TPSA) is 3.24 Å². The van der Waals surface area contributed by atoms with E-state index >= 15 is 0 Å². The van der Waals surface area contributed by atoms with Gasteiger partial charge in [-0.3, -0.25) is 0 Å². The molecule has 0 saturated carbocycles. The van der Waals surface area contributed by atoms with Gasteiger partial charge in [0.05, 0.1) is 5.69 Å². The molecule has 0 bridgehead atoms. The molecule has 0 heterocycles. The fourth-order valence-electron chi connectivity index (χ4n) is 8.82. The summed E-state index contributed by atoms with van der Waals surface area (Å²) >= 11 is 0. The van der Waals surface area contributed by atoms with Crippen LogP contribution in [-0.2, 0) is 16.2 Å².